The first-order valence-electron chi connectivity index (χ1n) is 6.05. The number of carboxylic acid groups (broad SMARTS) is 1. The Balaban J connectivity index is 2.37. The fourth-order valence-electron chi connectivity index (χ4n) is 2.15. The molecule has 0 saturated heterocycles. The number of carboxylic acids is 1. The molecule has 1 aromatic carbocycles. The second-order valence-corrected chi connectivity index (χ2v) is 6.35. The number of fused-ring (bicyclic) bond motifs is 1. The summed E-state index contributed by atoms with van der Waals surface area (Å²) in [6.45, 7) is 1.93. The van der Waals surface area contributed by atoms with Crippen LogP contribution >= 0.6 is 27.3 Å². The number of halogens is 2. The smallest absolute Gasteiger partial charge is 0.336 e. The first kappa shape index (κ1) is 14.2. The molecule has 3 rings (SSSR count). The molecule has 2 aromatic heterocycles. The van der Waals surface area contributed by atoms with Crippen molar-refractivity contribution in [1.82, 2.24) is 4.98 Å². The fraction of sp³-hybridized carbons (Fsp3) is 0.0667. The van der Waals surface area contributed by atoms with Crippen molar-refractivity contribution in [2.75, 3.05) is 0 Å². The van der Waals surface area contributed by atoms with Gasteiger partial charge in [-0.25, -0.2) is 14.2 Å². The van der Waals surface area contributed by atoms with E-state index in [0.29, 0.717) is 16.6 Å². The highest BCUT2D eigenvalue weighted by Crippen LogP contribution is 2.32. The van der Waals surface area contributed by atoms with E-state index in [9.17, 15) is 14.3 Å². The standard InChI is InChI=1S/C15H9BrFNO2S/c1-7-2-3-21-14(7)13-5-9(15(19)20)8-4-10(16)11(17)6-12(8)18-13/h2-6H,1H3,(H,19,20). The van der Waals surface area contributed by atoms with Crippen molar-refractivity contribution < 1.29 is 14.3 Å². The van der Waals surface area contributed by atoms with Crippen LogP contribution < -0.4 is 0 Å². The fourth-order valence-corrected chi connectivity index (χ4v) is 3.38. The average Bonchev–Trinajstić information content (AvgIpc) is 2.85. The van der Waals surface area contributed by atoms with Gasteiger partial charge in [-0.05, 0) is 52.0 Å². The molecule has 6 heteroatoms. The minimum atomic E-state index is -1.06. The van der Waals surface area contributed by atoms with Crippen molar-refractivity contribution in [3.63, 3.8) is 0 Å². The predicted molar refractivity (Wildman–Crippen MR) is 84.4 cm³/mol. The Kier molecular flexibility index (Phi) is 3.51. The molecular formula is C15H9BrFNO2S. The Morgan fingerprint density at radius 1 is 1.38 bits per heavy atom. The molecule has 1 N–H and O–H groups in total. The highest BCUT2D eigenvalue weighted by Gasteiger charge is 2.16. The van der Waals surface area contributed by atoms with Gasteiger partial charge in [-0.15, -0.1) is 11.3 Å². The van der Waals surface area contributed by atoms with Crippen LogP contribution in [0.4, 0.5) is 4.39 Å². The third-order valence-corrected chi connectivity index (χ3v) is 4.82. The van der Waals surface area contributed by atoms with Crippen LogP contribution in [-0.4, -0.2) is 16.1 Å². The van der Waals surface area contributed by atoms with Gasteiger partial charge in [0, 0.05) is 11.5 Å². The van der Waals surface area contributed by atoms with E-state index in [4.69, 9.17) is 0 Å². The summed E-state index contributed by atoms with van der Waals surface area (Å²) in [4.78, 5) is 16.8. The average molecular weight is 366 g/mol. The van der Waals surface area contributed by atoms with Crippen molar-refractivity contribution in [2.45, 2.75) is 6.92 Å². The van der Waals surface area contributed by atoms with E-state index in [2.05, 4.69) is 20.9 Å². The first-order chi connectivity index (χ1) is 9.97. The van der Waals surface area contributed by atoms with E-state index < -0.39 is 11.8 Å². The van der Waals surface area contributed by atoms with E-state index in [1.54, 1.807) is 0 Å². The van der Waals surface area contributed by atoms with Crippen LogP contribution in [0.25, 0.3) is 21.5 Å². The maximum absolute atomic E-state index is 13.7. The summed E-state index contributed by atoms with van der Waals surface area (Å²) in [7, 11) is 0. The number of hydrogen-bond acceptors (Lipinski definition) is 3. The van der Waals surface area contributed by atoms with Gasteiger partial charge in [0.25, 0.3) is 0 Å². The molecule has 3 nitrogen and oxygen atoms in total. The second-order valence-electron chi connectivity index (χ2n) is 4.58. The van der Waals surface area contributed by atoms with Crippen LogP contribution in [-0.2, 0) is 0 Å². The zero-order valence-corrected chi connectivity index (χ0v) is 13.3. The molecule has 0 unspecified atom stereocenters. The van der Waals surface area contributed by atoms with Gasteiger partial charge in [0.2, 0.25) is 0 Å². The van der Waals surface area contributed by atoms with Crippen LogP contribution in [0, 0.1) is 12.7 Å². The highest BCUT2D eigenvalue weighted by molar-refractivity contribution is 9.10. The summed E-state index contributed by atoms with van der Waals surface area (Å²) in [5, 5.41) is 11.7. The first-order valence-corrected chi connectivity index (χ1v) is 7.72. The lowest BCUT2D eigenvalue weighted by Crippen LogP contribution is -2.01. The summed E-state index contributed by atoms with van der Waals surface area (Å²) in [5.74, 6) is -1.53. The number of pyridine rings is 1. The summed E-state index contributed by atoms with van der Waals surface area (Å²) < 4.78 is 13.9. The Morgan fingerprint density at radius 3 is 2.76 bits per heavy atom. The molecule has 2 heterocycles. The molecule has 0 radical (unpaired) electrons. The SMILES string of the molecule is Cc1ccsc1-c1cc(C(=O)O)c2cc(Br)c(F)cc2n1. The molecule has 0 fully saturated rings. The minimum absolute atomic E-state index is 0.114. The van der Waals surface area contributed by atoms with Crippen molar-refractivity contribution in [3.8, 4) is 10.6 Å². The molecule has 0 bridgehead atoms. The second kappa shape index (κ2) is 5.20. The number of hydrogen-bond donors (Lipinski definition) is 1. The number of nitrogens with zero attached hydrogens (tertiary/aromatic N) is 1. The molecule has 21 heavy (non-hydrogen) atoms. The molecule has 0 aliphatic carbocycles. The minimum Gasteiger partial charge on any atom is -0.478 e. The van der Waals surface area contributed by atoms with Gasteiger partial charge in [0.1, 0.15) is 5.82 Å². The van der Waals surface area contributed by atoms with Crippen LogP contribution in [0.1, 0.15) is 15.9 Å². The summed E-state index contributed by atoms with van der Waals surface area (Å²) in [6.07, 6.45) is 0. The van der Waals surface area contributed by atoms with Gasteiger partial charge in [0.15, 0.2) is 0 Å². The number of rotatable bonds is 2. The van der Waals surface area contributed by atoms with Crippen LogP contribution in [0.5, 0.6) is 0 Å². The quantitative estimate of drug-likeness (QED) is 0.704. The largest absolute Gasteiger partial charge is 0.478 e. The van der Waals surface area contributed by atoms with Gasteiger partial charge in [-0.3, -0.25) is 0 Å². The van der Waals surface area contributed by atoms with Crippen molar-refractivity contribution in [2.24, 2.45) is 0 Å². The third-order valence-electron chi connectivity index (χ3n) is 3.18. The zero-order chi connectivity index (χ0) is 15.1. The monoisotopic (exact) mass is 365 g/mol. The number of benzene rings is 1. The summed E-state index contributed by atoms with van der Waals surface area (Å²) in [5.41, 5.74) is 2.01. The predicted octanol–water partition coefficient (Wildman–Crippen LogP) is 4.87. The van der Waals surface area contributed by atoms with Crippen LogP contribution in [0.15, 0.2) is 34.1 Å². The Hall–Kier alpha value is -1.79. The van der Waals surface area contributed by atoms with Gasteiger partial charge in [-0.1, -0.05) is 0 Å². The molecule has 0 aliphatic rings. The molecule has 0 amide bonds. The van der Waals surface area contributed by atoms with E-state index >= 15 is 0 Å². The number of aryl methyl sites for hydroxylation is 1. The Morgan fingerprint density at radius 2 is 2.14 bits per heavy atom. The Bertz CT molecular complexity index is 875. The van der Waals surface area contributed by atoms with Gasteiger partial charge in [0.05, 0.1) is 26.1 Å². The number of aromatic nitrogens is 1. The molecule has 0 spiro atoms. The summed E-state index contributed by atoms with van der Waals surface area (Å²) >= 11 is 4.56. The highest BCUT2D eigenvalue weighted by atomic mass is 79.9. The molecule has 3 aromatic rings. The van der Waals surface area contributed by atoms with E-state index in [1.165, 1.54) is 29.5 Å². The molecule has 0 saturated carbocycles. The third kappa shape index (κ3) is 2.45. The lowest BCUT2D eigenvalue weighted by Gasteiger charge is -2.08. The maximum Gasteiger partial charge on any atom is 0.336 e. The van der Waals surface area contributed by atoms with E-state index in [1.807, 2.05) is 18.4 Å². The van der Waals surface area contributed by atoms with Crippen LogP contribution in [0.3, 0.4) is 0 Å². The van der Waals surface area contributed by atoms with E-state index in [0.717, 1.165) is 10.4 Å². The van der Waals surface area contributed by atoms with E-state index in [-0.39, 0.29) is 10.0 Å². The lowest BCUT2D eigenvalue weighted by molar-refractivity contribution is 0.0699. The van der Waals surface area contributed by atoms with Crippen molar-refractivity contribution in [3.05, 3.63) is 51.1 Å². The number of thiophene rings is 1. The lowest BCUT2D eigenvalue weighted by atomic mass is 10.1. The molecule has 0 aliphatic heterocycles. The zero-order valence-electron chi connectivity index (χ0n) is 10.9. The van der Waals surface area contributed by atoms with Gasteiger partial charge >= 0.3 is 5.97 Å². The molecule has 0 atom stereocenters. The normalized spacial score (nSPS) is 11.0. The topological polar surface area (TPSA) is 50.2 Å². The maximum atomic E-state index is 13.7. The van der Waals surface area contributed by atoms with Gasteiger partial charge < -0.3 is 5.11 Å². The molecular weight excluding hydrogens is 357 g/mol. The number of aromatic carboxylic acids is 1. The van der Waals surface area contributed by atoms with Crippen molar-refractivity contribution >= 4 is 44.1 Å². The molecule has 106 valence electrons. The van der Waals surface area contributed by atoms with Gasteiger partial charge in [-0.2, -0.15) is 0 Å². The van der Waals surface area contributed by atoms with Crippen LogP contribution in [0.2, 0.25) is 0 Å². The number of carbonyl (C=O) groups is 1. The Labute approximate surface area is 132 Å². The summed E-state index contributed by atoms with van der Waals surface area (Å²) in [6, 6.07) is 6.17. The van der Waals surface area contributed by atoms with Crippen molar-refractivity contribution in [1.29, 1.82) is 0 Å².